The third-order valence-electron chi connectivity index (χ3n) is 5.71. The predicted molar refractivity (Wildman–Crippen MR) is 97.2 cm³/mol. The molecule has 134 valence electrons. The van der Waals surface area contributed by atoms with E-state index in [2.05, 4.69) is 30.3 Å². The first-order valence-corrected chi connectivity index (χ1v) is 9.29. The molecule has 1 unspecified atom stereocenters. The third-order valence-corrected chi connectivity index (χ3v) is 5.71. The molecule has 1 fully saturated rings. The molecular weight excluding hydrogens is 312 g/mol. The lowest BCUT2D eigenvalue weighted by Crippen LogP contribution is -2.48. The number of likely N-dealkylation sites (tertiary alicyclic amines) is 1. The van der Waals surface area contributed by atoms with Crippen molar-refractivity contribution in [1.82, 2.24) is 4.90 Å². The van der Waals surface area contributed by atoms with E-state index in [0.29, 0.717) is 12.3 Å². The second kappa shape index (κ2) is 6.71. The molecule has 3 rings (SSSR count). The molecule has 4 heteroatoms. The fourth-order valence-electron chi connectivity index (χ4n) is 4.57. The first-order valence-electron chi connectivity index (χ1n) is 9.29. The van der Waals surface area contributed by atoms with E-state index in [1.165, 1.54) is 11.1 Å². The van der Waals surface area contributed by atoms with Gasteiger partial charge in [0.25, 0.3) is 0 Å². The highest BCUT2D eigenvalue weighted by molar-refractivity contribution is 5.68. The Bertz CT molecular complexity index is 676. The summed E-state index contributed by atoms with van der Waals surface area (Å²) in [6, 6.07) is 11.0. The number of fused-ring (bicyclic) bond motifs is 2. The van der Waals surface area contributed by atoms with Crippen LogP contribution >= 0.6 is 0 Å². The molecule has 1 aliphatic heterocycles. The first-order chi connectivity index (χ1) is 11.9. The number of nitrogens with zero attached hydrogens (tertiary/aromatic N) is 2. The lowest BCUT2D eigenvalue weighted by atomic mass is 9.67. The maximum absolute atomic E-state index is 12.4. The summed E-state index contributed by atoms with van der Waals surface area (Å²) in [5, 5.41) is 9.03. The average molecular weight is 340 g/mol. The Morgan fingerprint density at radius 3 is 2.64 bits per heavy atom. The number of carbonyl (C=O) groups is 1. The van der Waals surface area contributed by atoms with Crippen LogP contribution in [0, 0.1) is 17.2 Å². The SMILES string of the molecule is CC(C)(C)OC(=O)N1CCC2(CC1)c1ccccc1CC2CCC#N. The van der Waals surface area contributed by atoms with Crippen molar-refractivity contribution >= 4 is 6.09 Å². The number of benzene rings is 1. The van der Waals surface area contributed by atoms with Gasteiger partial charge in [-0.2, -0.15) is 5.26 Å². The van der Waals surface area contributed by atoms with Crippen LogP contribution in [0.2, 0.25) is 0 Å². The molecule has 1 aromatic carbocycles. The molecule has 0 bridgehead atoms. The van der Waals surface area contributed by atoms with Gasteiger partial charge < -0.3 is 9.64 Å². The van der Waals surface area contributed by atoms with Gasteiger partial charge in [-0.25, -0.2) is 4.79 Å². The Morgan fingerprint density at radius 1 is 1.32 bits per heavy atom. The van der Waals surface area contributed by atoms with Crippen LogP contribution in [0.15, 0.2) is 24.3 Å². The number of hydrogen-bond donors (Lipinski definition) is 0. The van der Waals surface area contributed by atoms with Crippen molar-refractivity contribution in [3.05, 3.63) is 35.4 Å². The summed E-state index contributed by atoms with van der Waals surface area (Å²) in [5.41, 5.74) is 2.53. The lowest BCUT2D eigenvalue weighted by molar-refractivity contribution is 0.0131. The number of hydrogen-bond acceptors (Lipinski definition) is 3. The van der Waals surface area contributed by atoms with E-state index in [-0.39, 0.29) is 11.5 Å². The molecule has 0 saturated carbocycles. The van der Waals surface area contributed by atoms with Gasteiger partial charge in [0.05, 0.1) is 6.07 Å². The minimum atomic E-state index is -0.457. The molecule has 1 aliphatic carbocycles. The molecule has 2 aliphatic rings. The summed E-state index contributed by atoms with van der Waals surface area (Å²) >= 11 is 0. The molecule has 1 aromatic rings. The lowest BCUT2D eigenvalue weighted by Gasteiger charge is -2.44. The van der Waals surface area contributed by atoms with Crippen molar-refractivity contribution in [2.75, 3.05) is 13.1 Å². The van der Waals surface area contributed by atoms with Gasteiger partial charge >= 0.3 is 6.09 Å². The minimum Gasteiger partial charge on any atom is -0.444 e. The van der Waals surface area contributed by atoms with Crippen LogP contribution in [0.25, 0.3) is 0 Å². The van der Waals surface area contributed by atoms with E-state index < -0.39 is 5.60 Å². The normalized spacial score (nSPS) is 21.7. The summed E-state index contributed by atoms with van der Waals surface area (Å²) in [5.74, 6) is 0.505. The number of nitriles is 1. The van der Waals surface area contributed by atoms with Crippen LogP contribution in [-0.2, 0) is 16.6 Å². The van der Waals surface area contributed by atoms with E-state index in [1.54, 1.807) is 0 Å². The van der Waals surface area contributed by atoms with Gasteiger partial charge in [-0.05, 0) is 63.5 Å². The summed E-state index contributed by atoms with van der Waals surface area (Å²) in [6.45, 7) is 7.17. The van der Waals surface area contributed by atoms with Gasteiger partial charge in [-0.3, -0.25) is 0 Å². The quantitative estimate of drug-likeness (QED) is 0.800. The Kier molecular flexibility index (Phi) is 4.77. The second-order valence-electron chi connectivity index (χ2n) is 8.38. The molecule has 25 heavy (non-hydrogen) atoms. The smallest absolute Gasteiger partial charge is 0.410 e. The van der Waals surface area contributed by atoms with Crippen LogP contribution < -0.4 is 0 Å². The predicted octanol–water partition coefficient (Wildman–Crippen LogP) is 4.43. The number of piperidine rings is 1. The second-order valence-corrected chi connectivity index (χ2v) is 8.38. The van der Waals surface area contributed by atoms with Crippen molar-refractivity contribution in [1.29, 1.82) is 5.26 Å². The summed E-state index contributed by atoms with van der Waals surface area (Å²) in [6.07, 6.45) is 4.32. The number of ether oxygens (including phenoxy) is 1. The molecule has 1 atom stereocenters. The van der Waals surface area contributed by atoms with Crippen LogP contribution in [0.4, 0.5) is 4.79 Å². The van der Waals surface area contributed by atoms with Gasteiger partial charge in [-0.1, -0.05) is 24.3 Å². The third kappa shape index (κ3) is 3.51. The number of rotatable bonds is 2. The van der Waals surface area contributed by atoms with Gasteiger partial charge in [0.2, 0.25) is 0 Å². The van der Waals surface area contributed by atoms with Gasteiger partial charge in [0.15, 0.2) is 0 Å². The monoisotopic (exact) mass is 340 g/mol. The Morgan fingerprint density at radius 2 is 2.00 bits per heavy atom. The minimum absolute atomic E-state index is 0.117. The number of carbonyl (C=O) groups excluding carboxylic acids is 1. The first kappa shape index (κ1) is 17.8. The van der Waals surface area contributed by atoms with Gasteiger partial charge in [0, 0.05) is 24.9 Å². The molecule has 0 N–H and O–H groups in total. The highest BCUT2D eigenvalue weighted by Gasteiger charge is 2.48. The molecule has 1 heterocycles. The van der Waals surface area contributed by atoms with Gasteiger partial charge in [-0.15, -0.1) is 0 Å². The maximum Gasteiger partial charge on any atom is 0.410 e. The standard InChI is InChI=1S/C21H28N2O2/c1-20(2,3)25-19(24)23-13-10-21(11-14-23)17(8-6-12-22)15-16-7-4-5-9-18(16)21/h4-5,7,9,17H,6,8,10-11,13-15H2,1-3H3. The summed E-state index contributed by atoms with van der Waals surface area (Å²) in [7, 11) is 0. The van der Waals surface area contributed by atoms with E-state index in [0.717, 1.165) is 38.8 Å². The zero-order valence-electron chi connectivity index (χ0n) is 15.5. The van der Waals surface area contributed by atoms with E-state index in [9.17, 15) is 4.79 Å². The zero-order chi connectivity index (χ0) is 18.1. The van der Waals surface area contributed by atoms with Crippen molar-refractivity contribution < 1.29 is 9.53 Å². The summed E-state index contributed by atoms with van der Waals surface area (Å²) in [4.78, 5) is 14.2. The van der Waals surface area contributed by atoms with Crippen molar-refractivity contribution in [2.24, 2.45) is 5.92 Å². The van der Waals surface area contributed by atoms with E-state index in [4.69, 9.17) is 10.00 Å². The molecule has 1 amide bonds. The van der Waals surface area contributed by atoms with E-state index >= 15 is 0 Å². The van der Waals surface area contributed by atoms with E-state index in [1.807, 2.05) is 25.7 Å². The topological polar surface area (TPSA) is 53.3 Å². The molecule has 1 spiro atoms. The molecule has 1 saturated heterocycles. The Balaban J connectivity index is 1.77. The zero-order valence-corrected chi connectivity index (χ0v) is 15.5. The van der Waals surface area contributed by atoms with Crippen molar-refractivity contribution in [3.8, 4) is 6.07 Å². The average Bonchev–Trinajstić information content (AvgIpc) is 2.86. The van der Waals surface area contributed by atoms with Crippen LogP contribution in [0.3, 0.4) is 0 Å². The van der Waals surface area contributed by atoms with Gasteiger partial charge in [0.1, 0.15) is 5.60 Å². The molecule has 4 nitrogen and oxygen atoms in total. The van der Waals surface area contributed by atoms with Crippen molar-refractivity contribution in [3.63, 3.8) is 0 Å². The van der Waals surface area contributed by atoms with Crippen LogP contribution in [-0.4, -0.2) is 29.7 Å². The Hall–Kier alpha value is -2.02. The highest BCUT2D eigenvalue weighted by atomic mass is 16.6. The molecular formula is C21H28N2O2. The Labute approximate surface area is 150 Å². The molecule has 0 aromatic heterocycles. The fraction of sp³-hybridized carbons (Fsp3) is 0.619. The van der Waals surface area contributed by atoms with Crippen LogP contribution in [0.5, 0.6) is 0 Å². The van der Waals surface area contributed by atoms with Crippen molar-refractivity contribution in [2.45, 2.75) is 63.9 Å². The molecule has 0 radical (unpaired) electrons. The maximum atomic E-state index is 12.4. The highest BCUT2D eigenvalue weighted by Crippen LogP contribution is 2.51. The summed E-state index contributed by atoms with van der Waals surface area (Å²) < 4.78 is 5.53. The van der Waals surface area contributed by atoms with Crippen LogP contribution in [0.1, 0.15) is 57.6 Å². The fourth-order valence-corrected chi connectivity index (χ4v) is 4.57. The largest absolute Gasteiger partial charge is 0.444 e. The number of amides is 1.